The van der Waals surface area contributed by atoms with Crippen LogP contribution in [0.1, 0.15) is 25.5 Å². The average Bonchev–Trinajstić information content (AvgIpc) is 2.37. The van der Waals surface area contributed by atoms with E-state index in [0.717, 1.165) is 0 Å². The molecule has 0 aliphatic carbocycles. The first-order valence-corrected chi connectivity index (χ1v) is 5.96. The second-order valence-corrected chi connectivity index (χ2v) is 4.89. The molecule has 1 aliphatic rings. The smallest absolute Gasteiger partial charge is 0.305 e. The van der Waals surface area contributed by atoms with Crippen molar-refractivity contribution in [2.45, 2.75) is 25.4 Å². The van der Waals surface area contributed by atoms with E-state index < -0.39 is 10.5 Å². The molecule has 7 heteroatoms. The van der Waals surface area contributed by atoms with Gasteiger partial charge in [-0.1, -0.05) is 0 Å². The Balaban J connectivity index is 2.23. The van der Waals surface area contributed by atoms with Crippen LogP contribution in [0.2, 0.25) is 0 Å². The van der Waals surface area contributed by atoms with Crippen LogP contribution < -0.4 is 4.90 Å². The minimum Gasteiger partial charge on any atom is -0.390 e. The second kappa shape index (κ2) is 4.82. The van der Waals surface area contributed by atoms with E-state index in [-0.39, 0.29) is 11.4 Å². The van der Waals surface area contributed by atoms with Gasteiger partial charge in [0.1, 0.15) is 11.9 Å². The van der Waals surface area contributed by atoms with Crippen molar-refractivity contribution >= 4 is 11.5 Å². The number of pyridine rings is 1. The number of nitrogens with zero attached hydrogens (tertiary/aromatic N) is 4. The maximum Gasteiger partial charge on any atom is 0.305 e. The molecular formula is C12H14N4O3. The summed E-state index contributed by atoms with van der Waals surface area (Å²) in [6.07, 6.45) is 1.21. The summed E-state index contributed by atoms with van der Waals surface area (Å²) < 4.78 is 0. The first-order chi connectivity index (χ1) is 8.93. The monoisotopic (exact) mass is 262 g/mol. The van der Waals surface area contributed by atoms with Gasteiger partial charge in [-0.2, -0.15) is 5.26 Å². The Hall–Kier alpha value is -2.20. The highest BCUT2D eigenvalue weighted by atomic mass is 16.6. The minimum absolute atomic E-state index is 0.181. The second-order valence-electron chi connectivity index (χ2n) is 4.89. The van der Waals surface area contributed by atoms with Crippen LogP contribution in [0.15, 0.2) is 12.1 Å². The Morgan fingerprint density at radius 3 is 2.68 bits per heavy atom. The molecule has 0 bridgehead atoms. The number of nitriles is 1. The van der Waals surface area contributed by atoms with Crippen molar-refractivity contribution in [1.29, 1.82) is 5.26 Å². The van der Waals surface area contributed by atoms with E-state index in [4.69, 9.17) is 5.26 Å². The van der Waals surface area contributed by atoms with Crippen LogP contribution in [-0.4, -0.2) is 33.7 Å². The van der Waals surface area contributed by atoms with E-state index in [2.05, 4.69) is 4.98 Å². The van der Waals surface area contributed by atoms with Gasteiger partial charge in [0, 0.05) is 19.2 Å². The molecule has 0 atom stereocenters. The molecule has 1 aliphatic heterocycles. The highest BCUT2D eigenvalue weighted by Gasteiger charge is 2.28. The molecule has 0 saturated carbocycles. The molecule has 2 heterocycles. The SMILES string of the molecule is CC1(O)CCN(c2ccc([N+](=O)[O-])c(C#N)n2)CC1. The molecule has 1 aromatic rings. The predicted octanol–water partition coefficient (Wildman–Crippen LogP) is 1.21. The fraction of sp³-hybridized carbons (Fsp3) is 0.500. The van der Waals surface area contributed by atoms with Gasteiger partial charge in [-0.25, -0.2) is 4.98 Å². The number of rotatable bonds is 2. The molecule has 0 spiro atoms. The highest BCUT2D eigenvalue weighted by Crippen LogP contribution is 2.26. The molecule has 1 N–H and O–H groups in total. The van der Waals surface area contributed by atoms with Crippen molar-refractivity contribution in [1.82, 2.24) is 4.98 Å². The molecule has 7 nitrogen and oxygen atoms in total. The standard InChI is InChI=1S/C12H14N4O3/c1-12(17)4-6-15(7-5-12)11-3-2-10(16(18)19)9(8-13)14-11/h2-3,17H,4-7H2,1H3. The fourth-order valence-electron chi connectivity index (χ4n) is 2.06. The lowest BCUT2D eigenvalue weighted by Crippen LogP contribution is -2.42. The first kappa shape index (κ1) is 13.2. The van der Waals surface area contributed by atoms with Gasteiger partial charge >= 0.3 is 5.69 Å². The zero-order chi connectivity index (χ0) is 14.0. The largest absolute Gasteiger partial charge is 0.390 e. The fourth-order valence-corrected chi connectivity index (χ4v) is 2.06. The Kier molecular flexibility index (Phi) is 3.36. The summed E-state index contributed by atoms with van der Waals surface area (Å²) in [5, 5.41) is 29.5. The summed E-state index contributed by atoms with van der Waals surface area (Å²) in [7, 11) is 0. The lowest BCUT2D eigenvalue weighted by molar-refractivity contribution is -0.385. The van der Waals surface area contributed by atoms with E-state index >= 15 is 0 Å². The number of aliphatic hydroxyl groups is 1. The van der Waals surface area contributed by atoms with Gasteiger partial charge < -0.3 is 10.0 Å². The molecule has 1 saturated heterocycles. The van der Waals surface area contributed by atoms with Crippen molar-refractivity contribution in [2.24, 2.45) is 0 Å². The van der Waals surface area contributed by atoms with Gasteiger partial charge in [-0.05, 0) is 25.8 Å². The zero-order valence-corrected chi connectivity index (χ0v) is 10.5. The van der Waals surface area contributed by atoms with Crippen LogP contribution in [-0.2, 0) is 0 Å². The number of hydrogen-bond acceptors (Lipinski definition) is 6. The number of anilines is 1. The van der Waals surface area contributed by atoms with E-state index in [1.807, 2.05) is 4.90 Å². The highest BCUT2D eigenvalue weighted by molar-refractivity contribution is 5.51. The average molecular weight is 262 g/mol. The van der Waals surface area contributed by atoms with Crippen LogP contribution >= 0.6 is 0 Å². The molecule has 1 fully saturated rings. The molecule has 1 aromatic heterocycles. The number of hydrogen-bond donors (Lipinski definition) is 1. The molecule has 100 valence electrons. The quantitative estimate of drug-likeness (QED) is 0.634. The van der Waals surface area contributed by atoms with Crippen LogP contribution in [0, 0.1) is 21.4 Å². The molecule has 0 unspecified atom stereocenters. The Bertz CT molecular complexity index is 540. The predicted molar refractivity (Wildman–Crippen MR) is 67.7 cm³/mol. The molecule has 2 rings (SSSR count). The third-order valence-corrected chi connectivity index (χ3v) is 3.33. The van der Waals surface area contributed by atoms with E-state index in [1.165, 1.54) is 6.07 Å². The Labute approximate surface area is 110 Å². The van der Waals surface area contributed by atoms with Crippen LogP contribution in [0.3, 0.4) is 0 Å². The normalized spacial score (nSPS) is 17.8. The number of aromatic nitrogens is 1. The summed E-state index contributed by atoms with van der Waals surface area (Å²) in [5.41, 5.74) is -1.13. The van der Waals surface area contributed by atoms with Crippen LogP contribution in [0.5, 0.6) is 0 Å². The minimum atomic E-state index is -0.671. The van der Waals surface area contributed by atoms with Crippen molar-refractivity contribution in [3.8, 4) is 6.07 Å². The Morgan fingerprint density at radius 1 is 1.53 bits per heavy atom. The van der Waals surface area contributed by atoms with E-state index in [9.17, 15) is 15.2 Å². The lowest BCUT2D eigenvalue weighted by Gasteiger charge is -2.36. The van der Waals surface area contributed by atoms with Gasteiger partial charge in [0.05, 0.1) is 10.5 Å². The van der Waals surface area contributed by atoms with Crippen LogP contribution in [0.25, 0.3) is 0 Å². The van der Waals surface area contributed by atoms with Gasteiger partial charge in [-0.3, -0.25) is 10.1 Å². The molecular weight excluding hydrogens is 248 g/mol. The lowest BCUT2D eigenvalue weighted by atomic mass is 9.94. The van der Waals surface area contributed by atoms with Gasteiger partial charge in [0.2, 0.25) is 5.69 Å². The zero-order valence-electron chi connectivity index (χ0n) is 10.5. The maximum atomic E-state index is 10.7. The molecule has 0 amide bonds. The third-order valence-electron chi connectivity index (χ3n) is 3.33. The molecule has 0 aromatic carbocycles. The van der Waals surface area contributed by atoms with Gasteiger partial charge in [-0.15, -0.1) is 0 Å². The van der Waals surface area contributed by atoms with E-state index in [1.54, 1.807) is 19.1 Å². The summed E-state index contributed by atoms with van der Waals surface area (Å²) in [6.45, 7) is 3.01. The third kappa shape index (κ3) is 2.80. The summed E-state index contributed by atoms with van der Waals surface area (Å²) in [6, 6.07) is 4.58. The summed E-state index contributed by atoms with van der Waals surface area (Å²) in [5.74, 6) is 0.539. The number of nitro groups is 1. The van der Waals surface area contributed by atoms with Crippen molar-refractivity contribution in [3.63, 3.8) is 0 Å². The molecule has 0 radical (unpaired) electrons. The van der Waals surface area contributed by atoms with Crippen molar-refractivity contribution < 1.29 is 10.0 Å². The van der Waals surface area contributed by atoms with Gasteiger partial charge in [0.25, 0.3) is 0 Å². The number of piperidine rings is 1. The Morgan fingerprint density at radius 2 is 2.16 bits per heavy atom. The topological polar surface area (TPSA) is 103 Å². The maximum absolute atomic E-state index is 10.7. The van der Waals surface area contributed by atoms with Crippen molar-refractivity contribution in [3.05, 3.63) is 27.9 Å². The molecule has 19 heavy (non-hydrogen) atoms. The van der Waals surface area contributed by atoms with Crippen molar-refractivity contribution in [2.75, 3.05) is 18.0 Å². The summed E-state index contributed by atoms with van der Waals surface area (Å²) in [4.78, 5) is 16.1. The van der Waals surface area contributed by atoms with E-state index in [0.29, 0.717) is 31.7 Å². The van der Waals surface area contributed by atoms with Crippen LogP contribution in [0.4, 0.5) is 11.5 Å². The first-order valence-electron chi connectivity index (χ1n) is 5.96. The summed E-state index contributed by atoms with van der Waals surface area (Å²) >= 11 is 0. The van der Waals surface area contributed by atoms with Gasteiger partial charge in [0.15, 0.2) is 0 Å².